The molecule has 0 bridgehead atoms. The molecule has 0 heterocycles. The second-order valence-corrected chi connectivity index (χ2v) is 9.13. The molecule has 2 aromatic rings. The highest BCUT2D eigenvalue weighted by atomic mass is 32.2. The summed E-state index contributed by atoms with van der Waals surface area (Å²) in [6, 6.07) is 5.75. The lowest BCUT2D eigenvalue weighted by Crippen LogP contribution is -2.12. The van der Waals surface area contributed by atoms with E-state index in [1.54, 1.807) is 19.9 Å². The van der Waals surface area contributed by atoms with Gasteiger partial charge in [0.25, 0.3) is 0 Å². The Morgan fingerprint density at radius 1 is 1.03 bits per heavy atom. The predicted molar refractivity (Wildman–Crippen MR) is 122 cm³/mol. The SMILES string of the molecule is C=S(Nc1c(C)cc(F)c(F)c1Nc1ccc(C)cc1F)C1(CCC)CC1.CC. The normalized spacial score (nSPS) is 15.2. The van der Waals surface area contributed by atoms with E-state index in [2.05, 4.69) is 22.8 Å². The van der Waals surface area contributed by atoms with Crippen LogP contribution in [0.5, 0.6) is 0 Å². The van der Waals surface area contributed by atoms with Gasteiger partial charge in [0.05, 0.1) is 11.4 Å². The van der Waals surface area contributed by atoms with Crippen LogP contribution in [0.3, 0.4) is 0 Å². The van der Waals surface area contributed by atoms with E-state index in [1.165, 1.54) is 12.1 Å². The third kappa shape index (κ3) is 5.16. The first-order chi connectivity index (χ1) is 13.8. The van der Waals surface area contributed by atoms with E-state index in [0.29, 0.717) is 11.3 Å². The van der Waals surface area contributed by atoms with Gasteiger partial charge in [-0.05, 0) is 62.4 Å². The van der Waals surface area contributed by atoms with Gasteiger partial charge in [0.1, 0.15) is 11.5 Å². The van der Waals surface area contributed by atoms with Gasteiger partial charge in [-0.3, -0.25) is 0 Å². The number of hydrogen-bond donors (Lipinski definition) is 2. The van der Waals surface area contributed by atoms with Crippen LogP contribution in [-0.4, -0.2) is 10.6 Å². The Morgan fingerprint density at radius 2 is 1.69 bits per heavy atom. The molecular formula is C23H31F3N2S. The minimum absolute atomic E-state index is 0.0799. The number of benzene rings is 2. The molecule has 0 spiro atoms. The molecule has 2 N–H and O–H groups in total. The quantitative estimate of drug-likeness (QED) is 0.442. The third-order valence-corrected chi connectivity index (χ3v) is 7.17. The van der Waals surface area contributed by atoms with Gasteiger partial charge in [0, 0.05) is 4.75 Å². The third-order valence-electron chi connectivity index (χ3n) is 5.06. The van der Waals surface area contributed by atoms with Crippen LogP contribution in [0.4, 0.5) is 30.2 Å². The minimum atomic E-state index is -1.03. The van der Waals surface area contributed by atoms with Gasteiger partial charge >= 0.3 is 0 Å². The summed E-state index contributed by atoms with van der Waals surface area (Å²) >= 11 is 0. The monoisotopic (exact) mass is 424 g/mol. The van der Waals surface area contributed by atoms with Crippen molar-refractivity contribution < 1.29 is 13.2 Å². The molecule has 0 aromatic heterocycles. The zero-order valence-electron chi connectivity index (χ0n) is 17.9. The minimum Gasteiger partial charge on any atom is -0.349 e. The Kier molecular flexibility index (Phi) is 7.80. The fourth-order valence-corrected chi connectivity index (χ4v) is 5.07. The summed E-state index contributed by atoms with van der Waals surface area (Å²) < 4.78 is 46.4. The molecule has 1 aliphatic rings. The van der Waals surface area contributed by atoms with Crippen molar-refractivity contribution >= 4 is 33.6 Å². The van der Waals surface area contributed by atoms with Gasteiger partial charge in [-0.15, -0.1) is 0 Å². The Hall–Kier alpha value is -1.95. The van der Waals surface area contributed by atoms with Crippen LogP contribution in [0.15, 0.2) is 24.3 Å². The zero-order valence-corrected chi connectivity index (χ0v) is 18.7. The van der Waals surface area contributed by atoms with Crippen LogP contribution in [0, 0.1) is 31.3 Å². The fraction of sp³-hybridized carbons (Fsp3) is 0.435. The topological polar surface area (TPSA) is 24.1 Å². The first-order valence-electron chi connectivity index (χ1n) is 10.1. The van der Waals surface area contributed by atoms with Gasteiger partial charge in [-0.2, -0.15) is 0 Å². The van der Waals surface area contributed by atoms with Gasteiger partial charge in [-0.25, -0.2) is 13.2 Å². The molecule has 29 heavy (non-hydrogen) atoms. The lowest BCUT2D eigenvalue weighted by molar-refractivity contribution is 0.511. The first-order valence-corrected chi connectivity index (χ1v) is 11.5. The maximum absolute atomic E-state index is 14.6. The summed E-state index contributed by atoms with van der Waals surface area (Å²) in [5.41, 5.74) is 1.77. The van der Waals surface area contributed by atoms with Crippen molar-refractivity contribution in [1.82, 2.24) is 0 Å². The molecule has 6 heteroatoms. The van der Waals surface area contributed by atoms with Crippen molar-refractivity contribution in [1.29, 1.82) is 0 Å². The Bertz CT molecular complexity index is 892. The summed E-state index contributed by atoms with van der Waals surface area (Å²) in [5.74, 6) is 1.75. The number of nitrogens with one attached hydrogen (secondary N) is 2. The molecular weight excluding hydrogens is 393 g/mol. The van der Waals surface area contributed by atoms with E-state index in [9.17, 15) is 13.2 Å². The summed E-state index contributed by atoms with van der Waals surface area (Å²) in [4.78, 5) is 0. The van der Waals surface area contributed by atoms with Crippen LogP contribution < -0.4 is 10.0 Å². The molecule has 1 saturated carbocycles. The van der Waals surface area contributed by atoms with E-state index in [4.69, 9.17) is 0 Å². The highest BCUT2D eigenvalue weighted by Crippen LogP contribution is 2.55. The number of anilines is 3. The van der Waals surface area contributed by atoms with E-state index in [0.717, 1.165) is 37.3 Å². The number of halogens is 3. The van der Waals surface area contributed by atoms with Crippen molar-refractivity contribution in [2.45, 2.75) is 65.0 Å². The van der Waals surface area contributed by atoms with Gasteiger partial charge < -0.3 is 10.0 Å². The zero-order chi connectivity index (χ0) is 21.8. The molecule has 3 rings (SSSR count). The molecule has 160 valence electrons. The van der Waals surface area contributed by atoms with Crippen LogP contribution in [-0.2, 0) is 0 Å². The van der Waals surface area contributed by atoms with Gasteiger partial charge in [0.2, 0.25) is 0 Å². The van der Waals surface area contributed by atoms with Crippen molar-refractivity contribution in [2.24, 2.45) is 0 Å². The lowest BCUT2D eigenvalue weighted by atomic mass is 10.1. The fourth-order valence-electron chi connectivity index (χ4n) is 3.30. The van der Waals surface area contributed by atoms with Gasteiger partial charge in [-0.1, -0.05) is 49.8 Å². The molecule has 2 aromatic carbocycles. The maximum Gasteiger partial charge on any atom is 0.184 e. The molecule has 1 atom stereocenters. The predicted octanol–water partition coefficient (Wildman–Crippen LogP) is 7.85. The Balaban J connectivity index is 0.00000145. The second-order valence-electron chi connectivity index (χ2n) is 7.27. The summed E-state index contributed by atoms with van der Waals surface area (Å²) in [5, 5.41) is 2.75. The van der Waals surface area contributed by atoms with E-state index >= 15 is 0 Å². The molecule has 0 saturated heterocycles. The maximum atomic E-state index is 14.6. The number of aryl methyl sites for hydroxylation is 2. The molecule has 0 aliphatic heterocycles. The van der Waals surface area contributed by atoms with E-state index in [1.807, 2.05) is 13.8 Å². The van der Waals surface area contributed by atoms with Crippen molar-refractivity contribution in [3.63, 3.8) is 0 Å². The lowest BCUT2D eigenvalue weighted by Gasteiger charge is -2.24. The molecule has 1 aliphatic carbocycles. The molecule has 0 amide bonds. The Morgan fingerprint density at radius 3 is 2.24 bits per heavy atom. The van der Waals surface area contributed by atoms with Gasteiger partial charge in [0.15, 0.2) is 11.6 Å². The van der Waals surface area contributed by atoms with Crippen LogP contribution in [0.25, 0.3) is 0 Å². The highest BCUT2D eigenvalue weighted by Gasteiger charge is 2.44. The molecule has 1 fully saturated rings. The largest absolute Gasteiger partial charge is 0.349 e. The van der Waals surface area contributed by atoms with Crippen LogP contribution >= 0.6 is 10.7 Å². The molecule has 1 unspecified atom stereocenters. The molecule has 2 nitrogen and oxygen atoms in total. The Labute approximate surface area is 175 Å². The standard InChI is InChI=1S/C21H25F3N2S.C2H6/c1-5-8-21(9-10-21)27(4)26-19-14(3)12-16(23)18(24)20(19)25-17-7-6-13(2)11-15(17)22;1-2/h6-7,11-12,25-26H,4-5,8-10H2,1-3H3;1-2H3. The second kappa shape index (κ2) is 9.70. The van der Waals surface area contributed by atoms with Crippen molar-refractivity contribution in [3.8, 4) is 0 Å². The van der Waals surface area contributed by atoms with Crippen molar-refractivity contribution in [2.75, 3.05) is 10.0 Å². The summed E-state index contributed by atoms with van der Waals surface area (Å²) in [7, 11) is -0.445. The average Bonchev–Trinajstić information content (AvgIpc) is 3.47. The van der Waals surface area contributed by atoms with E-state index < -0.39 is 28.1 Å². The number of hydrogen-bond acceptors (Lipinski definition) is 2. The average molecular weight is 425 g/mol. The highest BCUT2D eigenvalue weighted by molar-refractivity contribution is 8.16. The number of rotatable bonds is 7. The summed E-state index contributed by atoms with van der Waals surface area (Å²) in [6.07, 6.45) is 4.26. The first kappa shape index (κ1) is 23.3. The smallest absolute Gasteiger partial charge is 0.184 e. The van der Waals surface area contributed by atoms with Crippen molar-refractivity contribution in [3.05, 3.63) is 52.8 Å². The van der Waals surface area contributed by atoms with Crippen LogP contribution in [0.1, 0.15) is 57.6 Å². The summed E-state index contributed by atoms with van der Waals surface area (Å²) in [6.45, 7) is 9.61. The molecule has 0 radical (unpaired) electrons. The van der Waals surface area contributed by atoms with Crippen LogP contribution in [0.2, 0.25) is 0 Å². The van der Waals surface area contributed by atoms with E-state index in [-0.39, 0.29) is 16.1 Å².